The zero-order valence-corrected chi connectivity index (χ0v) is 15.6. The summed E-state index contributed by atoms with van der Waals surface area (Å²) < 4.78 is 0. The number of likely N-dealkylation sites (N-methyl/N-ethyl adjacent to an activating group) is 1. The second kappa shape index (κ2) is 10.3. The molecule has 0 aliphatic rings. The third-order valence-electron chi connectivity index (χ3n) is 4.07. The molecule has 0 fully saturated rings. The quantitative estimate of drug-likeness (QED) is 0.204. The molecular weight excluding hydrogens is 328 g/mol. The van der Waals surface area contributed by atoms with Gasteiger partial charge in [0.15, 0.2) is 0 Å². The first-order valence-electron chi connectivity index (χ1n) is 8.35. The maximum atomic E-state index is 11.4. The molecule has 0 saturated carbocycles. The number of nitrogens with zero attached hydrogens (tertiary/aromatic N) is 2. The van der Waals surface area contributed by atoms with Crippen molar-refractivity contribution in [2.45, 2.75) is 26.4 Å². The number of hydrogen-bond acceptors (Lipinski definition) is 4. The highest BCUT2D eigenvalue weighted by molar-refractivity contribution is 5.60. The SMILES string of the molecule is C=C/C=C\C=C(/C(C)C=O)C(C(=C)C)N(C)Cc1ccc([N+](=O)[O-])cc1. The fourth-order valence-corrected chi connectivity index (χ4v) is 2.83. The van der Waals surface area contributed by atoms with Crippen LogP contribution in [0.3, 0.4) is 0 Å². The Morgan fingerprint density at radius 1 is 1.31 bits per heavy atom. The Morgan fingerprint density at radius 2 is 1.92 bits per heavy atom. The number of non-ortho nitro benzene ring substituents is 1. The van der Waals surface area contributed by atoms with Crippen LogP contribution in [0.25, 0.3) is 0 Å². The van der Waals surface area contributed by atoms with E-state index in [2.05, 4.69) is 18.1 Å². The Bertz CT molecular complexity index is 717. The largest absolute Gasteiger partial charge is 0.303 e. The van der Waals surface area contributed by atoms with Crippen molar-refractivity contribution in [3.05, 3.63) is 88.6 Å². The molecule has 1 aromatic carbocycles. The van der Waals surface area contributed by atoms with Crippen LogP contribution in [0, 0.1) is 16.0 Å². The fraction of sp³-hybridized carbons (Fsp3) is 0.286. The summed E-state index contributed by atoms with van der Waals surface area (Å²) in [5.41, 5.74) is 2.87. The Labute approximate surface area is 155 Å². The molecule has 26 heavy (non-hydrogen) atoms. The lowest BCUT2D eigenvalue weighted by Crippen LogP contribution is -2.36. The van der Waals surface area contributed by atoms with Gasteiger partial charge in [0.2, 0.25) is 0 Å². The second-order valence-electron chi connectivity index (χ2n) is 6.30. The van der Waals surface area contributed by atoms with Crippen molar-refractivity contribution in [1.29, 1.82) is 0 Å². The summed E-state index contributed by atoms with van der Waals surface area (Å²) in [6, 6.07) is 6.36. The minimum Gasteiger partial charge on any atom is -0.303 e. The highest BCUT2D eigenvalue weighted by Gasteiger charge is 2.24. The highest BCUT2D eigenvalue weighted by Crippen LogP contribution is 2.25. The summed E-state index contributed by atoms with van der Waals surface area (Å²) in [6.45, 7) is 12.1. The first-order valence-corrected chi connectivity index (χ1v) is 8.35. The monoisotopic (exact) mass is 354 g/mol. The molecule has 0 amide bonds. The van der Waals surface area contributed by atoms with Gasteiger partial charge in [-0.2, -0.15) is 0 Å². The van der Waals surface area contributed by atoms with Crippen LogP contribution in [-0.2, 0) is 11.3 Å². The Balaban J connectivity index is 3.12. The predicted octanol–water partition coefficient (Wildman–Crippen LogP) is 4.47. The van der Waals surface area contributed by atoms with Crippen molar-refractivity contribution >= 4 is 12.0 Å². The van der Waals surface area contributed by atoms with E-state index in [1.807, 2.05) is 39.1 Å². The average Bonchev–Trinajstić information content (AvgIpc) is 2.60. The lowest BCUT2D eigenvalue weighted by atomic mass is 9.89. The Morgan fingerprint density at radius 3 is 2.38 bits per heavy atom. The van der Waals surface area contributed by atoms with E-state index in [1.54, 1.807) is 18.2 Å². The van der Waals surface area contributed by atoms with Gasteiger partial charge < -0.3 is 4.79 Å². The fourth-order valence-electron chi connectivity index (χ4n) is 2.83. The van der Waals surface area contributed by atoms with Crippen molar-refractivity contribution in [3.63, 3.8) is 0 Å². The number of carbonyl (C=O) groups excluding carboxylic acids is 1. The van der Waals surface area contributed by atoms with Crippen molar-refractivity contribution in [2.75, 3.05) is 7.05 Å². The van der Waals surface area contributed by atoms with Crippen molar-refractivity contribution in [2.24, 2.45) is 5.92 Å². The summed E-state index contributed by atoms with van der Waals surface area (Å²) in [5, 5.41) is 10.8. The Kier molecular flexibility index (Phi) is 8.38. The number of hydrogen-bond donors (Lipinski definition) is 0. The van der Waals surface area contributed by atoms with Gasteiger partial charge in [0.1, 0.15) is 6.29 Å². The molecule has 0 heterocycles. The van der Waals surface area contributed by atoms with Gasteiger partial charge in [-0.05, 0) is 25.1 Å². The van der Waals surface area contributed by atoms with Crippen LogP contribution in [0.1, 0.15) is 19.4 Å². The van der Waals surface area contributed by atoms with Crippen molar-refractivity contribution in [1.82, 2.24) is 4.90 Å². The van der Waals surface area contributed by atoms with E-state index < -0.39 is 4.92 Å². The van der Waals surface area contributed by atoms with Gasteiger partial charge in [-0.1, -0.05) is 62.1 Å². The molecule has 138 valence electrons. The van der Waals surface area contributed by atoms with E-state index in [0.717, 1.165) is 23.0 Å². The highest BCUT2D eigenvalue weighted by atomic mass is 16.6. The molecule has 0 spiro atoms. The molecule has 0 saturated heterocycles. The van der Waals surface area contributed by atoms with Crippen molar-refractivity contribution in [3.8, 4) is 0 Å². The smallest absolute Gasteiger partial charge is 0.269 e. The zero-order valence-electron chi connectivity index (χ0n) is 15.6. The standard InChI is InChI=1S/C21H26N2O3/c1-6-7-8-9-20(17(4)15-24)21(16(2)3)22(5)14-18-10-12-19(13-11-18)23(25)26/h6-13,15,17,21H,1-2,14H2,3-5H3/b8-7-,20-9+. The molecular formula is C21H26N2O3. The number of nitro groups is 1. The van der Waals surface area contributed by atoms with Crippen LogP contribution in [0.4, 0.5) is 5.69 Å². The number of carbonyl (C=O) groups is 1. The number of aldehydes is 1. The molecule has 0 radical (unpaired) electrons. The first kappa shape index (κ1) is 21.3. The van der Waals surface area contributed by atoms with E-state index in [0.29, 0.717) is 6.54 Å². The summed E-state index contributed by atoms with van der Waals surface area (Å²) >= 11 is 0. The minimum absolute atomic E-state index is 0.0672. The molecule has 0 bridgehead atoms. The molecule has 5 nitrogen and oxygen atoms in total. The Hall–Kier alpha value is -2.79. The van der Waals surface area contributed by atoms with Gasteiger partial charge >= 0.3 is 0 Å². The number of nitro benzene ring substituents is 1. The molecule has 0 aliphatic heterocycles. The van der Waals surface area contributed by atoms with Gasteiger partial charge in [-0.3, -0.25) is 15.0 Å². The lowest BCUT2D eigenvalue weighted by molar-refractivity contribution is -0.384. The third-order valence-corrected chi connectivity index (χ3v) is 4.07. The van der Waals surface area contributed by atoms with Crippen LogP contribution in [0.5, 0.6) is 0 Å². The van der Waals surface area contributed by atoms with Crippen LogP contribution in [-0.4, -0.2) is 29.2 Å². The van der Waals surface area contributed by atoms with Crippen LogP contribution >= 0.6 is 0 Å². The number of allylic oxidation sites excluding steroid dienone is 4. The van der Waals surface area contributed by atoms with Gasteiger partial charge in [-0.25, -0.2) is 0 Å². The topological polar surface area (TPSA) is 63.5 Å². The zero-order chi connectivity index (χ0) is 19.7. The van der Waals surface area contributed by atoms with E-state index >= 15 is 0 Å². The molecule has 0 N–H and O–H groups in total. The van der Waals surface area contributed by atoms with E-state index in [4.69, 9.17) is 0 Å². The van der Waals surface area contributed by atoms with Gasteiger partial charge in [0.05, 0.1) is 11.0 Å². The lowest BCUT2D eigenvalue weighted by Gasteiger charge is -2.32. The number of rotatable bonds is 10. The number of benzene rings is 1. The predicted molar refractivity (Wildman–Crippen MR) is 106 cm³/mol. The summed E-state index contributed by atoms with van der Waals surface area (Å²) in [6.07, 6.45) is 8.19. The molecule has 0 aromatic heterocycles. The van der Waals surface area contributed by atoms with Crippen LogP contribution < -0.4 is 0 Å². The maximum absolute atomic E-state index is 11.4. The van der Waals surface area contributed by atoms with E-state index in [9.17, 15) is 14.9 Å². The van der Waals surface area contributed by atoms with E-state index in [-0.39, 0.29) is 17.6 Å². The summed E-state index contributed by atoms with van der Waals surface area (Å²) in [4.78, 5) is 23.8. The first-order chi connectivity index (χ1) is 12.3. The second-order valence-corrected chi connectivity index (χ2v) is 6.30. The molecule has 1 rings (SSSR count). The normalized spacial score (nSPS) is 14.2. The third kappa shape index (κ3) is 5.93. The maximum Gasteiger partial charge on any atom is 0.269 e. The van der Waals surface area contributed by atoms with Gasteiger partial charge in [-0.15, -0.1) is 0 Å². The van der Waals surface area contributed by atoms with Crippen molar-refractivity contribution < 1.29 is 9.72 Å². The molecule has 2 atom stereocenters. The molecule has 1 aromatic rings. The minimum atomic E-state index is -0.414. The van der Waals surface area contributed by atoms with E-state index in [1.165, 1.54) is 12.1 Å². The summed E-state index contributed by atoms with van der Waals surface area (Å²) in [5.74, 6) is -0.259. The van der Waals surface area contributed by atoms with Crippen LogP contribution in [0.15, 0.2) is 72.9 Å². The van der Waals surface area contributed by atoms with Gasteiger partial charge in [0.25, 0.3) is 5.69 Å². The van der Waals surface area contributed by atoms with Crippen LogP contribution in [0.2, 0.25) is 0 Å². The van der Waals surface area contributed by atoms with Gasteiger partial charge in [0, 0.05) is 24.6 Å². The molecule has 2 unspecified atom stereocenters. The molecule has 5 heteroatoms. The molecule has 0 aliphatic carbocycles. The summed E-state index contributed by atoms with van der Waals surface area (Å²) in [7, 11) is 1.95. The average molecular weight is 354 g/mol.